The van der Waals surface area contributed by atoms with Crippen LogP contribution in [0, 0.1) is 11.3 Å². The molecule has 0 radical (unpaired) electrons. The maximum atomic E-state index is 12.6. The van der Waals surface area contributed by atoms with Crippen LogP contribution in [0.25, 0.3) is 6.08 Å². The Bertz CT molecular complexity index is 816. The van der Waals surface area contributed by atoms with Crippen LogP contribution >= 0.6 is 0 Å². The molecule has 0 bridgehead atoms. The second kappa shape index (κ2) is 8.35. The Morgan fingerprint density at radius 3 is 2.75 bits per heavy atom. The van der Waals surface area contributed by atoms with Crippen LogP contribution in [0.4, 0.5) is 0 Å². The maximum absolute atomic E-state index is 12.6. The van der Waals surface area contributed by atoms with Crippen molar-refractivity contribution < 1.29 is 14.3 Å². The standard InChI is InChI=1S/C20H17NO3/c1-3-11-24-19-10-5-4-7-15(19)12-17(14-21)20(22)16-8-6-9-18(13-16)23-2/h3-10,12-13H,1,11H2,2H3/b17-12+. The molecule has 0 N–H and O–H groups in total. The van der Waals surface area contributed by atoms with Crippen LogP contribution in [0.15, 0.2) is 66.8 Å². The molecule has 120 valence electrons. The zero-order chi connectivity index (χ0) is 17.4. The summed E-state index contributed by atoms with van der Waals surface area (Å²) in [6.45, 7) is 3.95. The normalized spacial score (nSPS) is 10.6. The first-order chi connectivity index (χ1) is 11.7. The first-order valence-corrected chi connectivity index (χ1v) is 7.33. The van der Waals surface area contributed by atoms with Crippen molar-refractivity contribution in [2.75, 3.05) is 13.7 Å². The van der Waals surface area contributed by atoms with Gasteiger partial charge in [0.1, 0.15) is 29.7 Å². The Balaban J connectivity index is 2.37. The van der Waals surface area contributed by atoms with Gasteiger partial charge in [0.05, 0.1) is 7.11 Å². The fourth-order valence-corrected chi connectivity index (χ4v) is 2.10. The molecule has 0 saturated carbocycles. The van der Waals surface area contributed by atoms with Gasteiger partial charge in [-0.1, -0.05) is 43.0 Å². The molecular weight excluding hydrogens is 302 g/mol. The molecule has 0 spiro atoms. The highest BCUT2D eigenvalue weighted by Gasteiger charge is 2.14. The number of ketones is 1. The fraction of sp³-hybridized carbons (Fsp3) is 0.100. The molecular formula is C20H17NO3. The van der Waals surface area contributed by atoms with E-state index in [9.17, 15) is 10.1 Å². The lowest BCUT2D eigenvalue weighted by molar-refractivity contribution is 0.103. The summed E-state index contributed by atoms with van der Waals surface area (Å²) in [6.07, 6.45) is 3.16. The number of hydrogen-bond donors (Lipinski definition) is 0. The summed E-state index contributed by atoms with van der Waals surface area (Å²) >= 11 is 0. The number of ether oxygens (including phenoxy) is 2. The topological polar surface area (TPSA) is 59.3 Å². The summed E-state index contributed by atoms with van der Waals surface area (Å²) in [6, 6.07) is 15.9. The number of allylic oxidation sites excluding steroid dienone is 1. The number of Topliss-reactive ketones (excluding diaryl/α,β-unsaturated/α-hetero) is 1. The van der Waals surface area contributed by atoms with Crippen molar-refractivity contribution in [3.63, 3.8) is 0 Å². The highest BCUT2D eigenvalue weighted by Crippen LogP contribution is 2.23. The van der Waals surface area contributed by atoms with E-state index < -0.39 is 0 Å². The Kier molecular flexibility index (Phi) is 5.93. The molecule has 2 aromatic rings. The van der Waals surface area contributed by atoms with Crippen LogP contribution < -0.4 is 9.47 Å². The van der Waals surface area contributed by atoms with Crippen molar-refractivity contribution in [2.24, 2.45) is 0 Å². The van der Waals surface area contributed by atoms with Crippen molar-refractivity contribution in [2.45, 2.75) is 0 Å². The smallest absolute Gasteiger partial charge is 0.203 e. The minimum atomic E-state index is -0.366. The number of carbonyl (C=O) groups excluding carboxylic acids is 1. The molecule has 0 aromatic heterocycles. The Morgan fingerprint density at radius 1 is 1.25 bits per heavy atom. The predicted molar refractivity (Wildman–Crippen MR) is 93.0 cm³/mol. The third-order valence-corrected chi connectivity index (χ3v) is 3.27. The quantitative estimate of drug-likeness (QED) is 0.334. The second-order valence-corrected chi connectivity index (χ2v) is 4.87. The first kappa shape index (κ1) is 17.0. The highest BCUT2D eigenvalue weighted by atomic mass is 16.5. The minimum Gasteiger partial charge on any atom is -0.497 e. The van der Waals surface area contributed by atoms with Gasteiger partial charge in [-0.25, -0.2) is 0 Å². The summed E-state index contributed by atoms with van der Waals surface area (Å²) in [5.74, 6) is 0.784. The molecule has 0 amide bonds. The highest BCUT2D eigenvalue weighted by molar-refractivity contribution is 6.14. The van der Waals surface area contributed by atoms with E-state index >= 15 is 0 Å². The van der Waals surface area contributed by atoms with E-state index in [1.807, 2.05) is 18.2 Å². The molecule has 0 fully saturated rings. The lowest BCUT2D eigenvalue weighted by Crippen LogP contribution is -2.03. The van der Waals surface area contributed by atoms with Crippen LogP contribution in [-0.2, 0) is 0 Å². The van der Waals surface area contributed by atoms with Crippen LogP contribution in [0.5, 0.6) is 11.5 Å². The molecule has 0 aliphatic rings. The predicted octanol–water partition coefficient (Wildman–Crippen LogP) is 4.05. The van der Waals surface area contributed by atoms with Crippen LogP contribution in [0.1, 0.15) is 15.9 Å². The SMILES string of the molecule is C=CCOc1ccccc1/C=C(\C#N)C(=O)c1cccc(OC)c1. The van der Waals surface area contributed by atoms with Gasteiger partial charge >= 0.3 is 0 Å². The van der Waals surface area contributed by atoms with Crippen LogP contribution in [0.3, 0.4) is 0 Å². The monoisotopic (exact) mass is 319 g/mol. The zero-order valence-electron chi connectivity index (χ0n) is 13.4. The van der Waals surface area contributed by atoms with E-state index in [-0.39, 0.29) is 11.4 Å². The maximum Gasteiger partial charge on any atom is 0.203 e. The number of para-hydroxylation sites is 1. The van der Waals surface area contributed by atoms with E-state index in [4.69, 9.17) is 9.47 Å². The van der Waals surface area contributed by atoms with Crippen molar-refractivity contribution in [3.05, 3.63) is 77.9 Å². The summed E-state index contributed by atoms with van der Waals surface area (Å²) in [4.78, 5) is 12.6. The van der Waals surface area contributed by atoms with E-state index in [2.05, 4.69) is 6.58 Å². The molecule has 0 saturated heterocycles. The lowest BCUT2D eigenvalue weighted by Gasteiger charge is -2.07. The second-order valence-electron chi connectivity index (χ2n) is 4.87. The third-order valence-electron chi connectivity index (χ3n) is 3.27. The average molecular weight is 319 g/mol. The third kappa shape index (κ3) is 4.11. The molecule has 2 aromatic carbocycles. The van der Waals surface area contributed by atoms with Crippen LogP contribution in [-0.4, -0.2) is 19.5 Å². The lowest BCUT2D eigenvalue weighted by atomic mass is 10.0. The Labute approximate surface area is 141 Å². The Morgan fingerprint density at radius 2 is 2.04 bits per heavy atom. The summed E-state index contributed by atoms with van der Waals surface area (Å²) < 4.78 is 10.7. The number of carbonyl (C=O) groups is 1. The van der Waals surface area contributed by atoms with E-state index in [1.54, 1.807) is 42.5 Å². The number of nitriles is 1. The van der Waals surface area contributed by atoms with E-state index in [0.717, 1.165) is 0 Å². The van der Waals surface area contributed by atoms with Gasteiger partial charge in [-0.05, 0) is 24.3 Å². The molecule has 0 aliphatic heterocycles. The van der Waals surface area contributed by atoms with E-state index in [0.29, 0.717) is 29.2 Å². The number of nitrogens with zero attached hydrogens (tertiary/aromatic N) is 1. The molecule has 4 heteroatoms. The van der Waals surface area contributed by atoms with Crippen molar-refractivity contribution in [3.8, 4) is 17.6 Å². The minimum absolute atomic E-state index is 0.0258. The van der Waals surface area contributed by atoms with Crippen molar-refractivity contribution in [1.29, 1.82) is 5.26 Å². The molecule has 0 heterocycles. The first-order valence-electron chi connectivity index (χ1n) is 7.33. The van der Waals surface area contributed by atoms with Gasteiger partial charge in [0.2, 0.25) is 5.78 Å². The number of rotatable bonds is 7. The summed E-state index contributed by atoms with van der Waals surface area (Å²) in [5.41, 5.74) is 1.08. The summed E-state index contributed by atoms with van der Waals surface area (Å²) in [5, 5.41) is 9.39. The van der Waals surface area contributed by atoms with Crippen LogP contribution in [0.2, 0.25) is 0 Å². The van der Waals surface area contributed by atoms with Gasteiger partial charge in [-0.15, -0.1) is 0 Å². The van der Waals surface area contributed by atoms with Gasteiger partial charge in [0.25, 0.3) is 0 Å². The van der Waals surface area contributed by atoms with Gasteiger partial charge in [-0.2, -0.15) is 5.26 Å². The molecule has 0 atom stereocenters. The zero-order valence-corrected chi connectivity index (χ0v) is 13.4. The number of hydrogen-bond acceptors (Lipinski definition) is 4. The van der Waals surface area contributed by atoms with Gasteiger partial charge in [-0.3, -0.25) is 4.79 Å². The fourth-order valence-electron chi connectivity index (χ4n) is 2.10. The average Bonchev–Trinajstić information content (AvgIpc) is 2.64. The number of benzene rings is 2. The Hall–Kier alpha value is -3.32. The number of methoxy groups -OCH3 is 1. The van der Waals surface area contributed by atoms with Gasteiger partial charge < -0.3 is 9.47 Å². The molecule has 0 aliphatic carbocycles. The van der Waals surface area contributed by atoms with Gasteiger partial charge in [0, 0.05) is 11.1 Å². The summed E-state index contributed by atoms with van der Waals surface area (Å²) in [7, 11) is 1.53. The van der Waals surface area contributed by atoms with Crippen molar-refractivity contribution in [1.82, 2.24) is 0 Å². The molecule has 0 unspecified atom stereocenters. The van der Waals surface area contributed by atoms with Gasteiger partial charge in [0.15, 0.2) is 0 Å². The molecule has 2 rings (SSSR count). The van der Waals surface area contributed by atoms with E-state index in [1.165, 1.54) is 13.2 Å². The molecule has 24 heavy (non-hydrogen) atoms. The largest absolute Gasteiger partial charge is 0.497 e. The molecule has 4 nitrogen and oxygen atoms in total. The van der Waals surface area contributed by atoms with Crippen molar-refractivity contribution >= 4 is 11.9 Å².